The summed E-state index contributed by atoms with van der Waals surface area (Å²) in [6.45, 7) is 6.72. The van der Waals surface area contributed by atoms with E-state index >= 15 is 0 Å². The Balaban J connectivity index is 1.61. The predicted molar refractivity (Wildman–Crippen MR) is 110 cm³/mol. The van der Waals surface area contributed by atoms with Gasteiger partial charge in [-0.05, 0) is 97.7 Å². The van der Waals surface area contributed by atoms with Gasteiger partial charge in [-0.25, -0.2) is 0 Å². The van der Waals surface area contributed by atoms with E-state index in [9.17, 15) is 20.1 Å². The second-order valence-corrected chi connectivity index (χ2v) is 11.4. The fourth-order valence-electron chi connectivity index (χ4n) is 8.68. The SMILES string of the molecule is C[C@H](CCC(=O)O)[C@H]1CC[C@H]2[C@@H]3[C@@H](O)C[C@@H]4C[C@@H](O)CC[C@]4(C)[C@H]3C[C@@H](O)[C@]12C. The lowest BCUT2D eigenvalue weighted by Gasteiger charge is -2.63. The van der Waals surface area contributed by atoms with Crippen molar-refractivity contribution >= 4 is 5.97 Å². The standard InChI is InChI=1S/C24H40O5/c1-13(4-7-21(28)29)16-5-6-17-22-18(12-20(27)24(16,17)3)23(2)9-8-15(25)10-14(23)11-19(22)26/h13-20,22,25-27H,4-12H2,1-3H3,(H,28,29)/t13-,14+,15+,16-,17+,18+,19+,20-,22+,23+,24-/m1/s1. The lowest BCUT2D eigenvalue weighted by Crippen LogP contribution is -2.62. The number of carbonyl (C=O) groups is 1. The number of rotatable bonds is 4. The van der Waals surface area contributed by atoms with Gasteiger partial charge < -0.3 is 20.4 Å². The van der Waals surface area contributed by atoms with Crippen molar-refractivity contribution in [1.29, 1.82) is 0 Å². The molecule has 29 heavy (non-hydrogen) atoms. The molecular weight excluding hydrogens is 368 g/mol. The van der Waals surface area contributed by atoms with E-state index in [0.29, 0.717) is 30.1 Å². The number of hydrogen-bond acceptors (Lipinski definition) is 4. The Bertz CT molecular complexity index is 637. The molecular formula is C24H40O5. The molecule has 4 aliphatic carbocycles. The van der Waals surface area contributed by atoms with Gasteiger partial charge in [-0.1, -0.05) is 20.8 Å². The zero-order valence-corrected chi connectivity index (χ0v) is 18.3. The third-order valence-corrected chi connectivity index (χ3v) is 10.3. The van der Waals surface area contributed by atoms with Crippen molar-refractivity contribution < 1.29 is 25.2 Å². The van der Waals surface area contributed by atoms with Crippen molar-refractivity contribution in [3.63, 3.8) is 0 Å². The molecule has 0 amide bonds. The van der Waals surface area contributed by atoms with E-state index in [1.54, 1.807) is 0 Å². The molecule has 0 aromatic heterocycles. The highest BCUT2D eigenvalue weighted by atomic mass is 16.4. The summed E-state index contributed by atoms with van der Waals surface area (Å²) in [7, 11) is 0. The van der Waals surface area contributed by atoms with Gasteiger partial charge in [-0.15, -0.1) is 0 Å². The molecule has 0 heterocycles. The quantitative estimate of drug-likeness (QED) is 0.571. The number of hydrogen-bond donors (Lipinski definition) is 4. The average Bonchev–Trinajstić information content (AvgIpc) is 3.01. The predicted octanol–water partition coefficient (Wildman–Crippen LogP) is 3.45. The van der Waals surface area contributed by atoms with Gasteiger partial charge in [0, 0.05) is 6.42 Å². The summed E-state index contributed by atoms with van der Waals surface area (Å²) < 4.78 is 0. The van der Waals surface area contributed by atoms with Crippen LogP contribution in [-0.2, 0) is 4.79 Å². The number of carboxylic acid groups (broad SMARTS) is 1. The van der Waals surface area contributed by atoms with Crippen LogP contribution in [0.4, 0.5) is 0 Å². The molecule has 4 fully saturated rings. The first-order valence-corrected chi connectivity index (χ1v) is 11.8. The molecule has 0 unspecified atom stereocenters. The topological polar surface area (TPSA) is 98.0 Å². The Hall–Kier alpha value is -0.650. The van der Waals surface area contributed by atoms with Crippen molar-refractivity contribution in [2.45, 2.75) is 96.9 Å². The van der Waals surface area contributed by atoms with E-state index in [2.05, 4.69) is 20.8 Å². The molecule has 4 aliphatic rings. The summed E-state index contributed by atoms with van der Waals surface area (Å²) >= 11 is 0. The Kier molecular flexibility index (Phi) is 5.57. The first-order chi connectivity index (χ1) is 13.6. The van der Waals surface area contributed by atoms with E-state index < -0.39 is 12.1 Å². The largest absolute Gasteiger partial charge is 0.481 e. The van der Waals surface area contributed by atoms with Gasteiger partial charge in [0.2, 0.25) is 0 Å². The lowest BCUT2D eigenvalue weighted by atomic mass is 9.43. The molecule has 5 heteroatoms. The minimum atomic E-state index is -0.748. The molecule has 0 radical (unpaired) electrons. The minimum Gasteiger partial charge on any atom is -0.481 e. The van der Waals surface area contributed by atoms with Crippen molar-refractivity contribution in [2.75, 3.05) is 0 Å². The fraction of sp³-hybridized carbons (Fsp3) is 0.958. The minimum absolute atomic E-state index is 0.0957. The molecule has 166 valence electrons. The van der Waals surface area contributed by atoms with Crippen LogP contribution < -0.4 is 0 Å². The molecule has 4 rings (SSSR count). The van der Waals surface area contributed by atoms with E-state index in [0.717, 1.165) is 44.9 Å². The van der Waals surface area contributed by atoms with Crippen molar-refractivity contribution in [3.8, 4) is 0 Å². The van der Waals surface area contributed by atoms with Crippen LogP contribution in [-0.4, -0.2) is 44.7 Å². The summed E-state index contributed by atoms with van der Waals surface area (Å²) in [4.78, 5) is 11.1. The van der Waals surface area contributed by atoms with Crippen LogP contribution in [0.3, 0.4) is 0 Å². The maximum Gasteiger partial charge on any atom is 0.303 e. The van der Waals surface area contributed by atoms with Crippen LogP contribution in [0.25, 0.3) is 0 Å². The van der Waals surface area contributed by atoms with Gasteiger partial charge in [0.05, 0.1) is 18.3 Å². The third kappa shape index (κ3) is 3.27. The van der Waals surface area contributed by atoms with Gasteiger partial charge in [0.15, 0.2) is 0 Å². The molecule has 0 aromatic carbocycles. The highest BCUT2D eigenvalue weighted by Crippen LogP contribution is 2.68. The van der Waals surface area contributed by atoms with Crippen LogP contribution >= 0.6 is 0 Å². The molecule has 11 atom stereocenters. The smallest absolute Gasteiger partial charge is 0.303 e. The van der Waals surface area contributed by atoms with E-state index in [-0.39, 0.29) is 41.3 Å². The summed E-state index contributed by atoms with van der Waals surface area (Å²) in [5, 5.41) is 42.0. The lowest BCUT2D eigenvalue weighted by molar-refractivity contribution is -0.207. The van der Waals surface area contributed by atoms with Crippen LogP contribution in [0.5, 0.6) is 0 Å². The molecule has 0 aliphatic heterocycles. The van der Waals surface area contributed by atoms with Crippen molar-refractivity contribution in [3.05, 3.63) is 0 Å². The maximum atomic E-state index is 11.5. The summed E-state index contributed by atoms with van der Waals surface area (Å²) in [6, 6.07) is 0. The normalized spacial score (nSPS) is 52.9. The van der Waals surface area contributed by atoms with E-state index in [1.807, 2.05) is 0 Å². The highest BCUT2D eigenvalue weighted by molar-refractivity contribution is 5.66. The van der Waals surface area contributed by atoms with Crippen molar-refractivity contribution in [1.82, 2.24) is 0 Å². The Labute approximate surface area is 174 Å². The second-order valence-electron chi connectivity index (χ2n) is 11.4. The molecule has 4 saturated carbocycles. The van der Waals surface area contributed by atoms with Crippen LogP contribution in [0, 0.1) is 46.3 Å². The number of aliphatic carboxylic acids is 1. The zero-order valence-electron chi connectivity index (χ0n) is 18.3. The zero-order chi connectivity index (χ0) is 21.1. The van der Waals surface area contributed by atoms with E-state index in [1.165, 1.54) is 0 Å². The fourth-order valence-corrected chi connectivity index (χ4v) is 8.68. The van der Waals surface area contributed by atoms with Gasteiger partial charge in [0.1, 0.15) is 0 Å². The Morgan fingerprint density at radius 1 is 1.03 bits per heavy atom. The number of aliphatic hydroxyl groups is 3. The Morgan fingerprint density at radius 3 is 2.45 bits per heavy atom. The highest BCUT2D eigenvalue weighted by Gasteiger charge is 2.65. The van der Waals surface area contributed by atoms with Gasteiger partial charge in [-0.2, -0.15) is 0 Å². The monoisotopic (exact) mass is 408 g/mol. The van der Waals surface area contributed by atoms with Crippen LogP contribution in [0.2, 0.25) is 0 Å². The molecule has 0 aromatic rings. The van der Waals surface area contributed by atoms with Crippen LogP contribution in [0.1, 0.15) is 78.6 Å². The third-order valence-electron chi connectivity index (χ3n) is 10.3. The van der Waals surface area contributed by atoms with Gasteiger partial charge in [-0.3, -0.25) is 4.79 Å². The van der Waals surface area contributed by atoms with Gasteiger partial charge >= 0.3 is 5.97 Å². The first-order valence-electron chi connectivity index (χ1n) is 11.8. The second kappa shape index (κ2) is 7.49. The molecule has 0 bridgehead atoms. The van der Waals surface area contributed by atoms with Crippen LogP contribution in [0.15, 0.2) is 0 Å². The average molecular weight is 409 g/mol. The number of carboxylic acids is 1. The molecule has 0 saturated heterocycles. The molecule has 4 N–H and O–H groups in total. The molecule has 0 spiro atoms. The molecule has 5 nitrogen and oxygen atoms in total. The summed E-state index contributed by atoms with van der Waals surface area (Å²) in [6.07, 6.45) is 6.00. The van der Waals surface area contributed by atoms with E-state index in [4.69, 9.17) is 5.11 Å². The maximum absolute atomic E-state index is 11.5. The van der Waals surface area contributed by atoms with Crippen molar-refractivity contribution in [2.24, 2.45) is 46.3 Å². The Morgan fingerprint density at radius 2 is 1.76 bits per heavy atom. The summed E-state index contributed by atoms with van der Waals surface area (Å²) in [5.41, 5.74) is -0.143. The number of aliphatic hydroxyl groups excluding tert-OH is 3. The first kappa shape index (κ1) is 21.6. The summed E-state index contributed by atoms with van der Waals surface area (Å²) in [5.74, 6) is 0.997. The van der Waals surface area contributed by atoms with Gasteiger partial charge in [0.25, 0.3) is 0 Å². The number of fused-ring (bicyclic) bond motifs is 5.